The molecule has 1 aliphatic heterocycles. The van der Waals surface area contributed by atoms with E-state index in [9.17, 15) is 9.59 Å². The van der Waals surface area contributed by atoms with Crippen molar-refractivity contribution in [2.75, 3.05) is 19.6 Å². The molecule has 1 aromatic rings. The third-order valence-electron chi connectivity index (χ3n) is 4.76. The molecule has 5 heteroatoms. The number of nitrogens with zero attached hydrogens (tertiary/aromatic N) is 2. The second-order valence-electron chi connectivity index (χ2n) is 6.58. The molecule has 1 N–H and O–H groups in total. The molecule has 1 fully saturated rings. The van der Waals surface area contributed by atoms with E-state index in [0.717, 1.165) is 45.2 Å². The van der Waals surface area contributed by atoms with Gasteiger partial charge in [-0.15, -0.1) is 0 Å². The fourth-order valence-corrected chi connectivity index (χ4v) is 3.35. The van der Waals surface area contributed by atoms with Gasteiger partial charge in [0.05, 0.1) is 11.1 Å². The number of pyridine rings is 1. The Hall–Kier alpha value is -2.17. The number of carbonyl (C=O) groups excluding carboxylic acids is 2. The minimum absolute atomic E-state index is 0.0259. The molecule has 2 heterocycles. The van der Waals surface area contributed by atoms with Crippen molar-refractivity contribution in [3.05, 3.63) is 41.2 Å². The summed E-state index contributed by atoms with van der Waals surface area (Å²) in [4.78, 5) is 30.6. The zero-order valence-corrected chi connectivity index (χ0v) is 14.1. The van der Waals surface area contributed by atoms with E-state index in [1.807, 2.05) is 4.90 Å². The Labute approximate surface area is 143 Å². The lowest BCUT2D eigenvalue weighted by atomic mass is 9.97. The highest BCUT2D eigenvalue weighted by atomic mass is 16.2. The van der Waals surface area contributed by atoms with Crippen molar-refractivity contribution in [1.82, 2.24) is 15.2 Å². The Morgan fingerprint density at radius 1 is 1.08 bits per heavy atom. The van der Waals surface area contributed by atoms with Crippen LogP contribution in [0.4, 0.5) is 0 Å². The van der Waals surface area contributed by atoms with Crippen LogP contribution in [0.3, 0.4) is 0 Å². The van der Waals surface area contributed by atoms with Gasteiger partial charge in [-0.25, -0.2) is 0 Å². The maximum Gasteiger partial charge on any atom is 0.255 e. The zero-order chi connectivity index (χ0) is 16.8. The van der Waals surface area contributed by atoms with Gasteiger partial charge in [0.1, 0.15) is 0 Å². The number of allylic oxidation sites excluding steroid dienone is 1. The van der Waals surface area contributed by atoms with Crippen LogP contribution in [0.5, 0.6) is 0 Å². The summed E-state index contributed by atoms with van der Waals surface area (Å²) < 4.78 is 0. The van der Waals surface area contributed by atoms with E-state index in [2.05, 4.69) is 16.4 Å². The number of nitrogens with one attached hydrogen (secondary N) is 1. The Balaban J connectivity index is 1.55. The quantitative estimate of drug-likeness (QED) is 0.846. The van der Waals surface area contributed by atoms with Crippen molar-refractivity contribution in [3.8, 4) is 0 Å². The standard InChI is InChI=1S/C19H25N3O2/c23-18(21-9-8-15-6-2-1-3-7-15)16-12-17(14-20-13-16)19(24)22-10-4-5-11-22/h6,12-14H,1-5,7-11H2,(H,21,23). The Kier molecular flexibility index (Phi) is 5.62. The molecule has 3 rings (SSSR count). The summed E-state index contributed by atoms with van der Waals surface area (Å²) in [5.41, 5.74) is 2.40. The molecule has 1 saturated heterocycles. The molecule has 1 aromatic heterocycles. The van der Waals surface area contributed by atoms with E-state index in [-0.39, 0.29) is 11.8 Å². The Morgan fingerprint density at radius 3 is 2.62 bits per heavy atom. The third kappa shape index (κ3) is 4.22. The van der Waals surface area contributed by atoms with Crippen molar-refractivity contribution in [2.45, 2.75) is 44.9 Å². The van der Waals surface area contributed by atoms with Crippen LogP contribution in [0.1, 0.15) is 65.7 Å². The lowest BCUT2D eigenvalue weighted by Crippen LogP contribution is -2.29. The number of likely N-dealkylation sites (tertiary alicyclic amines) is 1. The molecule has 2 aliphatic rings. The molecule has 24 heavy (non-hydrogen) atoms. The minimum Gasteiger partial charge on any atom is -0.352 e. The topological polar surface area (TPSA) is 62.3 Å². The largest absolute Gasteiger partial charge is 0.352 e. The van der Waals surface area contributed by atoms with E-state index in [1.54, 1.807) is 12.3 Å². The third-order valence-corrected chi connectivity index (χ3v) is 4.76. The molecule has 5 nitrogen and oxygen atoms in total. The van der Waals surface area contributed by atoms with Crippen molar-refractivity contribution in [1.29, 1.82) is 0 Å². The predicted octanol–water partition coefficient (Wildman–Crippen LogP) is 2.94. The van der Waals surface area contributed by atoms with E-state index >= 15 is 0 Å². The van der Waals surface area contributed by atoms with Gasteiger partial charge in [0.15, 0.2) is 0 Å². The summed E-state index contributed by atoms with van der Waals surface area (Å²) in [6, 6.07) is 1.66. The molecule has 0 saturated carbocycles. The molecular formula is C19H25N3O2. The van der Waals surface area contributed by atoms with Gasteiger partial charge in [-0.3, -0.25) is 14.6 Å². The number of rotatable bonds is 5. The average molecular weight is 327 g/mol. The van der Waals surface area contributed by atoms with Crippen LogP contribution >= 0.6 is 0 Å². The maximum absolute atomic E-state index is 12.4. The normalized spacial score (nSPS) is 17.5. The first-order chi connectivity index (χ1) is 11.7. The van der Waals surface area contributed by atoms with E-state index in [1.165, 1.54) is 24.6 Å². The Bertz CT molecular complexity index is 633. The SMILES string of the molecule is O=C(NCCC1=CCCCC1)c1cncc(C(=O)N2CCCC2)c1. The fraction of sp³-hybridized carbons (Fsp3) is 0.526. The first-order valence-corrected chi connectivity index (χ1v) is 8.94. The zero-order valence-electron chi connectivity index (χ0n) is 14.1. The highest BCUT2D eigenvalue weighted by molar-refractivity contribution is 5.99. The molecule has 0 unspecified atom stereocenters. The van der Waals surface area contributed by atoms with Gasteiger partial charge < -0.3 is 10.2 Å². The summed E-state index contributed by atoms with van der Waals surface area (Å²) >= 11 is 0. The van der Waals surface area contributed by atoms with Crippen molar-refractivity contribution >= 4 is 11.8 Å². The summed E-state index contributed by atoms with van der Waals surface area (Å²) in [6.07, 6.45) is 13.2. The van der Waals surface area contributed by atoms with E-state index < -0.39 is 0 Å². The number of carbonyl (C=O) groups is 2. The van der Waals surface area contributed by atoms with Gasteiger partial charge in [-0.2, -0.15) is 0 Å². The summed E-state index contributed by atoms with van der Waals surface area (Å²) in [6.45, 7) is 2.23. The summed E-state index contributed by atoms with van der Waals surface area (Å²) in [5.74, 6) is -0.183. The van der Waals surface area contributed by atoms with Crippen LogP contribution in [-0.4, -0.2) is 41.3 Å². The molecule has 1 aliphatic carbocycles. The average Bonchev–Trinajstić information content (AvgIpc) is 3.16. The van der Waals surface area contributed by atoms with Crippen LogP contribution in [0, 0.1) is 0 Å². The molecular weight excluding hydrogens is 302 g/mol. The monoisotopic (exact) mass is 327 g/mol. The first kappa shape index (κ1) is 16.7. The second kappa shape index (κ2) is 8.08. The van der Waals surface area contributed by atoms with Gasteiger partial charge in [0.2, 0.25) is 0 Å². The molecule has 2 amide bonds. The second-order valence-corrected chi connectivity index (χ2v) is 6.58. The van der Waals surface area contributed by atoms with Gasteiger partial charge in [0.25, 0.3) is 11.8 Å². The van der Waals surface area contributed by atoms with E-state index in [0.29, 0.717) is 17.7 Å². The predicted molar refractivity (Wildman–Crippen MR) is 92.9 cm³/mol. The molecule has 0 spiro atoms. The molecule has 128 valence electrons. The first-order valence-electron chi connectivity index (χ1n) is 8.94. The molecule has 0 radical (unpaired) electrons. The summed E-state index contributed by atoms with van der Waals surface area (Å²) in [5, 5.41) is 2.94. The highest BCUT2D eigenvalue weighted by Gasteiger charge is 2.20. The maximum atomic E-state index is 12.4. The van der Waals surface area contributed by atoms with Crippen molar-refractivity contribution in [3.63, 3.8) is 0 Å². The van der Waals surface area contributed by atoms with Gasteiger partial charge in [-0.05, 0) is 51.0 Å². The number of hydrogen-bond acceptors (Lipinski definition) is 3. The van der Waals surface area contributed by atoms with Crippen LogP contribution < -0.4 is 5.32 Å². The smallest absolute Gasteiger partial charge is 0.255 e. The highest BCUT2D eigenvalue weighted by Crippen LogP contribution is 2.19. The molecule has 0 atom stereocenters. The lowest BCUT2D eigenvalue weighted by Gasteiger charge is -2.15. The van der Waals surface area contributed by atoms with Gasteiger partial charge >= 0.3 is 0 Å². The van der Waals surface area contributed by atoms with Gasteiger partial charge in [0, 0.05) is 32.0 Å². The van der Waals surface area contributed by atoms with Gasteiger partial charge in [-0.1, -0.05) is 11.6 Å². The summed E-state index contributed by atoms with van der Waals surface area (Å²) in [7, 11) is 0. The lowest BCUT2D eigenvalue weighted by molar-refractivity contribution is 0.0792. The van der Waals surface area contributed by atoms with E-state index in [4.69, 9.17) is 0 Å². The van der Waals surface area contributed by atoms with Crippen LogP contribution in [0.15, 0.2) is 30.1 Å². The fourth-order valence-electron chi connectivity index (χ4n) is 3.35. The van der Waals surface area contributed by atoms with Crippen molar-refractivity contribution < 1.29 is 9.59 Å². The van der Waals surface area contributed by atoms with Crippen LogP contribution in [0.2, 0.25) is 0 Å². The molecule has 0 aromatic carbocycles. The minimum atomic E-state index is -0.157. The number of aromatic nitrogens is 1. The van der Waals surface area contributed by atoms with Crippen LogP contribution in [0.25, 0.3) is 0 Å². The van der Waals surface area contributed by atoms with Crippen molar-refractivity contribution in [2.24, 2.45) is 0 Å². The van der Waals surface area contributed by atoms with Crippen LogP contribution in [-0.2, 0) is 0 Å². The number of hydrogen-bond donors (Lipinski definition) is 1. The Morgan fingerprint density at radius 2 is 1.88 bits per heavy atom. The number of amides is 2. The molecule has 0 bridgehead atoms.